The molecule has 0 unspecified atom stereocenters. The largest absolute Gasteiger partial charge is 1.00 e. The first-order chi connectivity index (χ1) is 3.00. The van der Waals surface area contributed by atoms with Gasteiger partial charge in [-0.1, -0.05) is 0 Å². The van der Waals surface area contributed by atoms with Gasteiger partial charge in [-0.2, -0.15) is 0 Å². The van der Waals surface area contributed by atoms with Crippen LogP contribution in [0.1, 0.15) is 0 Å². The summed E-state index contributed by atoms with van der Waals surface area (Å²) in [6, 6.07) is 0. The van der Waals surface area contributed by atoms with Crippen molar-refractivity contribution in [2.45, 2.75) is 0 Å². The van der Waals surface area contributed by atoms with Crippen molar-refractivity contribution in [3.8, 4) is 0 Å². The summed E-state index contributed by atoms with van der Waals surface area (Å²) in [6.45, 7) is 4.75. The van der Waals surface area contributed by atoms with Crippen molar-refractivity contribution in [2.24, 2.45) is 0 Å². The van der Waals surface area contributed by atoms with Crippen molar-refractivity contribution >= 4 is 13.4 Å². The molecule has 0 amide bonds. The Labute approximate surface area is 98.9 Å². The van der Waals surface area contributed by atoms with Crippen LogP contribution in [0.4, 0.5) is 0 Å². The van der Waals surface area contributed by atoms with Crippen LogP contribution in [0.5, 0.6) is 0 Å². The van der Waals surface area contributed by atoms with Crippen molar-refractivity contribution in [3.63, 3.8) is 0 Å². The Hall–Kier alpha value is 1.53. The third-order valence-corrected chi connectivity index (χ3v) is 0. The maximum Gasteiger partial charge on any atom is 1.00 e. The molecule has 0 saturated carbocycles. The van der Waals surface area contributed by atoms with Crippen LogP contribution in [0.2, 0.25) is 0 Å². The standard InChI is InChI=1S/CN.2Na.H2O4Se/c1-2;;;1-5(2,3)4/h;;;(H2,1,2,3,4)/q-1;2*+1;/p-1. The molecule has 0 aliphatic heterocycles. The molecule has 0 bridgehead atoms. The normalized spacial score (nSPS) is 6.67. The Morgan fingerprint density at radius 2 is 1.33 bits per heavy atom. The third kappa shape index (κ3) is 231. The monoisotopic (exact) mass is 217 g/mol. The average Bonchev–Trinajstić information content (AvgIpc) is 1.36. The molecule has 0 aliphatic carbocycles. The predicted octanol–water partition coefficient (Wildman–Crippen LogP) is -8.26. The van der Waals surface area contributed by atoms with Gasteiger partial charge in [0.05, 0.1) is 0 Å². The predicted molar refractivity (Wildman–Crippen MR) is 14.3 cm³/mol. The van der Waals surface area contributed by atoms with Gasteiger partial charge in [0.15, 0.2) is 0 Å². The van der Waals surface area contributed by atoms with Crippen LogP contribution in [0.15, 0.2) is 0 Å². The van der Waals surface area contributed by atoms with E-state index in [2.05, 4.69) is 0 Å². The SMILES string of the molecule is O=[Se](=O)([O-])O.[C-]#N.[Na+].[Na+]. The molecule has 0 aromatic carbocycles. The number of rotatable bonds is 0. The summed E-state index contributed by atoms with van der Waals surface area (Å²) in [6.07, 6.45) is 0. The number of hydrogen-bond acceptors (Lipinski definition) is 4. The summed E-state index contributed by atoms with van der Waals surface area (Å²) in [7, 11) is 0. The van der Waals surface area contributed by atoms with Gasteiger partial charge >= 0.3 is 88.5 Å². The molecule has 0 atom stereocenters. The molecular formula is CHNNa2O4Se. The molecule has 0 saturated heterocycles. The van der Waals surface area contributed by atoms with Crippen molar-refractivity contribution in [1.29, 1.82) is 5.26 Å². The molecule has 0 fully saturated rings. The molecule has 5 nitrogen and oxygen atoms in total. The molecule has 8 heteroatoms. The van der Waals surface area contributed by atoms with Crippen LogP contribution < -0.4 is 63.3 Å². The third-order valence-electron chi connectivity index (χ3n) is 0. The summed E-state index contributed by atoms with van der Waals surface area (Å²) in [5.41, 5.74) is 0. The summed E-state index contributed by atoms with van der Waals surface area (Å²) in [5, 5.41) is 6.25. The van der Waals surface area contributed by atoms with Crippen molar-refractivity contribution in [1.82, 2.24) is 0 Å². The number of hydrogen-bond donors (Lipinski definition) is 1. The van der Waals surface area contributed by atoms with Crippen LogP contribution in [-0.4, -0.2) is 17.6 Å². The molecule has 1 N–H and O–H groups in total. The summed E-state index contributed by atoms with van der Waals surface area (Å²) in [4.78, 5) is 0. The minimum Gasteiger partial charge on any atom is -0.512 e. The van der Waals surface area contributed by atoms with Gasteiger partial charge in [0.25, 0.3) is 0 Å². The van der Waals surface area contributed by atoms with E-state index in [0.29, 0.717) is 0 Å². The Morgan fingerprint density at radius 3 is 1.33 bits per heavy atom. The molecular weight excluding hydrogens is 215 g/mol. The van der Waals surface area contributed by atoms with E-state index in [-0.39, 0.29) is 59.1 Å². The van der Waals surface area contributed by atoms with Crippen molar-refractivity contribution in [2.75, 3.05) is 0 Å². The van der Waals surface area contributed by atoms with Gasteiger partial charge in [-0.05, 0) is 0 Å². The molecule has 42 valence electrons. The second-order valence-corrected chi connectivity index (χ2v) is 2.22. The minimum absolute atomic E-state index is 0. The smallest absolute Gasteiger partial charge is 0.512 e. The van der Waals surface area contributed by atoms with E-state index in [4.69, 9.17) is 27.9 Å². The first kappa shape index (κ1) is 22.4. The van der Waals surface area contributed by atoms with E-state index in [0.717, 1.165) is 0 Å². The van der Waals surface area contributed by atoms with Crippen molar-refractivity contribution < 1.29 is 75.2 Å². The molecule has 0 rings (SSSR count). The fourth-order valence-electron chi connectivity index (χ4n) is 0. The summed E-state index contributed by atoms with van der Waals surface area (Å²) < 4.78 is 33.1. The first-order valence-electron chi connectivity index (χ1n) is 0.906. The van der Waals surface area contributed by atoms with Gasteiger partial charge in [-0.25, -0.2) is 0 Å². The Morgan fingerprint density at radius 1 is 1.33 bits per heavy atom. The van der Waals surface area contributed by atoms with Crippen LogP contribution in [-0.2, 0) is 7.67 Å². The molecule has 9 heavy (non-hydrogen) atoms. The van der Waals surface area contributed by atoms with Crippen LogP contribution in [0, 0.1) is 11.8 Å². The Bertz CT molecular complexity index is 130. The van der Waals surface area contributed by atoms with E-state index in [1.807, 2.05) is 0 Å². The van der Waals surface area contributed by atoms with E-state index in [1.54, 1.807) is 0 Å². The van der Waals surface area contributed by atoms with Crippen LogP contribution >= 0.6 is 0 Å². The Balaban J connectivity index is -0.0000000286. The zero-order chi connectivity index (χ0) is 6.50. The maximum absolute atomic E-state index is 8.70. The fraction of sp³-hybridized carbons (Fsp3) is 0. The van der Waals surface area contributed by atoms with Gasteiger partial charge in [0.1, 0.15) is 0 Å². The van der Waals surface area contributed by atoms with Crippen molar-refractivity contribution in [3.05, 3.63) is 6.57 Å². The Kier molecular flexibility index (Phi) is 30.5. The van der Waals surface area contributed by atoms with Crippen LogP contribution in [0.25, 0.3) is 0 Å². The molecule has 0 heterocycles. The molecule has 0 aromatic rings. The molecule has 0 spiro atoms. The maximum atomic E-state index is 8.70. The van der Waals surface area contributed by atoms with Crippen LogP contribution in [0.3, 0.4) is 0 Å². The van der Waals surface area contributed by atoms with E-state index >= 15 is 0 Å². The van der Waals surface area contributed by atoms with Gasteiger partial charge in [0, 0.05) is 0 Å². The second kappa shape index (κ2) is 12.2. The van der Waals surface area contributed by atoms with E-state index in [1.165, 1.54) is 0 Å². The fourth-order valence-corrected chi connectivity index (χ4v) is 0. The van der Waals surface area contributed by atoms with Gasteiger partial charge in [0.2, 0.25) is 0 Å². The van der Waals surface area contributed by atoms with Gasteiger partial charge in [-0.3, -0.25) is 0 Å². The van der Waals surface area contributed by atoms with E-state index in [9.17, 15) is 0 Å². The molecule has 0 radical (unpaired) electrons. The quantitative estimate of drug-likeness (QED) is 0.320. The zero-order valence-electron chi connectivity index (χ0n) is 5.03. The zero-order valence-corrected chi connectivity index (χ0v) is 10.7. The summed E-state index contributed by atoms with van der Waals surface area (Å²) in [5.74, 6) is 0. The van der Waals surface area contributed by atoms with E-state index < -0.39 is 13.4 Å². The number of nitrogens with zero attached hydrogens (tertiary/aromatic N) is 1. The topological polar surface area (TPSA) is 101 Å². The minimum atomic E-state index is -5.50. The molecule has 0 aliphatic rings. The average molecular weight is 216 g/mol. The van der Waals surface area contributed by atoms with Gasteiger partial charge < -0.3 is 11.8 Å². The first-order valence-corrected chi connectivity index (χ1v) is 3.77. The second-order valence-electron chi connectivity index (χ2n) is 0.428. The summed E-state index contributed by atoms with van der Waals surface area (Å²) >= 11 is -5.50. The molecule has 0 aromatic heterocycles. The van der Waals surface area contributed by atoms with Gasteiger partial charge in [-0.15, -0.1) is 0 Å².